The number of aliphatic hydroxyl groups excluding tert-OH is 1. The molecule has 0 aliphatic carbocycles. The van der Waals surface area contributed by atoms with Gasteiger partial charge in [0, 0.05) is 26.3 Å². The van der Waals surface area contributed by atoms with Crippen molar-refractivity contribution in [3.63, 3.8) is 0 Å². The van der Waals surface area contributed by atoms with Gasteiger partial charge in [0.1, 0.15) is 0 Å². The first-order chi connectivity index (χ1) is 8.10. The molecule has 0 spiro atoms. The first kappa shape index (κ1) is 14.9. The highest BCUT2D eigenvalue weighted by Gasteiger charge is 2.28. The molecule has 0 aromatic rings. The van der Waals surface area contributed by atoms with Gasteiger partial charge in [-0.3, -0.25) is 0 Å². The normalized spacial score (nSPS) is 22.8. The van der Waals surface area contributed by atoms with Crippen LogP contribution in [0.1, 0.15) is 32.6 Å². The van der Waals surface area contributed by atoms with Crippen LogP contribution < -0.4 is 0 Å². The summed E-state index contributed by atoms with van der Waals surface area (Å²) in [5.74, 6) is 0.0317. The second kappa shape index (κ2) is 7.31. The molecule has 0 radical (unpaired) electrons. The number of hydrogen-bond acceptors (Lipinski definition) is 4. The van der Waals surface area contributed by atoms with Gasteiger partial charge < -0.3 is 9.84 Å². The fraction of sp³-hybridized carbons (Fsp3) is 1.00. The molecule has 0 saturated carbocycles. The molecule has 1 fully saturated rings. The highest BCUT2D eigenvalue weighted by atomic mass is 32.2. The third-order valence-corrected chi connectivity index (χ3v) is 4.78. The molecular formula is C11H23NO4S. The maximum absolute atomic E-state index is 11.9. The van der Waals surface area contributed by atoms with E-state index in [0.29, 0.717) is 26.1 Å². The summed E-state index contributed by atoms with van der Waals surface area (Å²) in [6.07, 6.45) is 3.08. The van der Waals surface area contributed by atoms with E-state index >= 15 is 0 Å². The second-order valence-electron chi connectivity index (χ2n) is 4.39. The van der Waals surface area contributed by atoms with E-state index in [1.54, 1.807) is 0 Å². The zero-order chi connectivity index (χ0) is 12.7. The summed E-state index contributed by atoms with van der Waals surface area (Å²) >= 11 is 0. The Morgan fingerprint density at radius 1 is 1.47 bits per heavy atom. The van der Waals surface area contributed by atoms with Crippen LogP contribution >= 0.6 is 0 Å². The maximum atomic E-state index is 11.9. The highest BCUT2D eigenvalue weighted by Crippen LogP contribution is 2.17. The zero-order valence-corrected chi connectivity index (χ0v) is 11.3. The third-order valence-electron chi connectivity index (χ3n) is 2.85. The summed E-state index contributed by atoms with van der Waals surface area (Å²) in [6, 6.07) is 0. The molecule has 6 heteroatoms. The van der Waals surface area contributed by atoms with Crippen LogP contribution in [0.2, 0.25) is 0 Å². The summed E-state index contributed by atoms with van der Waals surface area (Å²) in [4.78, 5) is 0. The van der Waals surface area contributed by atoms with Crippen molar-refractivity contribution in [2.45, 2.75) is 38.7 Å². The lowest BCUT2D eigenvalue weighted by atomic mass is 10.1. The monoisotopic (exact) mass is 265 g/mol. The minimum atomic E-state index is -3.21. The van der Waals surface area contributed by atoms with Crippen LogP contribution in [0.3, 0.4) is 0 Å². The van der Waals surface area contributed by atoms with Crippen molar-refractivity contribution in [2.75, 3.05) is 32.1 Å². The number of nitrogens with zero attached hydrogens (tertiary/aromatic N) is 1. The molecule has 1 unspecified atom stereocenters. The molecule has 1 heterocycles. The number of hydrogen-bond donors (Lipinski definition) is 1. The van der Waals surface area contributed by atoms with Crippen LogP contribution in [0.5, 0.6) is 0 Å². The first-order valence-corrected chi connectivity index (χ1v) is 7.91. The minimum absolute atomic E-state index is 0.0317. The van der Waals surface area contributed by atoms with E-state index in [1.165, 1.54) is 4.31 Å². The summed E-state index contributed by atoms with van der Waals surface area (Å²) in [6.45, 7) is 3.70. The minimum Gasteiger partial charge on any atom is -0.396 e. The van der Waals surface area contributed by atoms with E-state index in [2.05, 4.69) is 0 Å². The predicted molar refractivity (Wildman–Crippen MR) is 66.3 cm³/mol. The molecule has 1 aliphatic heterocycles. The molecule has 0 bridgehead atoms. The molecule has 1 atom stereocenters. The largest absolute Gasteiger partial charge is 0.396 e. The average molecular weight is 265 g/mol. The van der Waals surface area contributed by atoms with Crippen LogP contribution in [0.15, 0.2) is 0 Å². The van der Waals surface area contributed by atoms with Gasteiger partial charge in [-0.25, -0.2) is 8.42 Å². The molecule has 1 aliphatic rings. The molecule has 0 amide bonds. The summed E-state index contributed by atoms with van der Waals surface area (Å²) in [7, 11) is -3.21. The first-order valence-electron chi connectivity index (χ1n) is 6.30. The third kappa shape index (κ3) is 4.91. The molecule has 5 nitrogen and oxygen atoms in total. The van der Waals surface area contributed by atoms with Gasteiger partial charge in [-0.15, -0.1) is 0 Å². The lowest BCUT2D eigenvalue weighted by Gasteiger charge is -2.31. The van der Waals surface area contributed by atoms with E-state index < -0.39 is 10.0 Å². The predicted octanol–water partition coefficient (Wildman–Crippen LogP) is 0.590. The van der Waals surface area contributed by atoms with E-state index in [4.69, 9.17) is 9.84 Å². The Hall–Kier alpha value is -0.170. The van der Waals surface area contributed by atoms with Crippen molar-refractivity contribution in [2.24, 2.45) is 0 Å². The number of rotatable bonds is 7. The topological polar surface area (TPSA) is 66.8 Å². The van der Waals surface area contributed by atoms with Crippen molar-refractivity contribution in [3.05, 3.63) is 0 Å². The van der Waals surface area contributed by atoms with Gasteiger partial charge in [0.05, 0.1) is 11.9 Å². The fourth-order valence-corrected chi connectivity index (χ4v) is 3.51. The molecule has 1 saturated heterocycles. The SMILES string of the molecule is CCCOC1CCCN(S(=O)(=O)CCCO)C1. The Labute approximate surface area is 104 Å². The summed E-state index contributed by atoms with van der Waals surface area (Å²) in [5.41, 5.74) is 0. The molecule has 1 rings (SSSR count). The van der Waals surface area contributed by atoms with Crippen LogP contribution in [0, 0.1) is 0 Å². The summed E-state index contributed by atoms with van der Waals surface area (Å²) in [5, 5.41) is 8.69. The molecule has 17 heavy (non-hydrogen) atoms. The average Bonchev–Trinajstić information content (AvgIpc) is 2.34. The Balaban J connectivity index is 2.47. The second-order valence-corrected chi connectivity index (χ2v) is 6.47. The lowest BCUT2D eigenvalue weighted by Crippen LogP contribution is -2.44. The summed E-state index contributed by atoms with van der Waals surface area (Å²) < 4.78 is 31.0. The molecule has 0 aromatic carbocycles. The highest BCUT2D eigenvalue weighted by molar-refractivity contribution is 7.89. The zero-order valence-electron chi connectivity index (χ0n) is 10.5. The van der Waals surface area contributed by atoms with E-state index in [-0.39, 0.29) is 18.5 Å². The van der Waals surface area contributed by atoms with Crippen LogP contribution in [0.25, 0.3) is 0 Å². The number of aliphatic hydroxyl groups is 1. The van der Waals surface area contributed by atoms with Gasteiger partial charge >= 0.3 is 0 Å². The van der Waals surface area contributed by atoms with Gasteiger partial charge in [-0.2, -0.15) is 4.31 Å². The molecule has 0 aromatic heterocycles. The molecule has 102 valence electrons. The Kier molecular flexibility index (Phi) is 6.40. The van der Waals surface area contributed by atoms with E-state index in [0.717, 1.165) is 19.3 Å². The van der Waals surface area contributed by atoms with Crippen molar-refractivity contribution >= 4 is 10.0 Å². The Morgan fingerprint density at radius 2 is 2.24 bits per heavy atom. The quantitative estimate of drug-likeness (QED) is 0.731. The van der Waals surface area contributed by atoms with Crippen molar-refractivity contribution in [3.8, 4) is 0 Å². The Bertz CT molecular complexity index is 305. The van der Waals surface area contributed by atoms with Gasteiger partial charge in [0.25, 0.3) is 0 Å². The van der Waals surface area contributed by atoms with Crippen molar-refractivity contribution in [1.29, 1.82) is 0 Å². The van der Waals surface area contributed by atoms with Crippen LogP contribution in [-0.2, 0) is 14.8 Å². The van der Waals surface area contributed by atoms with Crippen molar-refractivity contribution < 1.29 is 18.3 Å². The molecule has 1 N–H and O–H groups in total. The standard InChI is InChI=1S/C11H23NO4S/c1-2-8-16-11-5-3-6-12(10-11)17(14,15)9-4-7-13/h11,13H,2-10H2,1H3. The van der Waals surface area contributed by atoms with Gasteiger partial charge in [0.15, 0.2) is 0 Å². The number of ether oxygens (including phenoxy) is 1. The van der Waals surface area contributed by atoms with Crippen LogP contribution in [0.4, 0.5) is 0 Å². The van der Waals surface area contributed by atoms with Gasteiger partial charge in [0.2, 0.25) is 10.0 Å². The smallest absolute Gasteiger partial charge is 0.214 e. The number of sulfonamides is 1. The maximum Gasteiger partial charge on any atom is 0.214 e. The fourth-order valence-electron chi connectivity index (χ4n) is 1.95. The van der Waals surface area contributed by atoms with E-state index in [9.17, 15) is 8.42 Å². The van der Waals surface area contributed by atoms with Crippen molar-refractivity contribution in [1.82, 2.24) is 4.31 Å². The van der Waals surface area contributed by atoms with Gasteiger partial charge in [-0.05, 0) is 25.7 Å². The lowest BCUT2D eigenvalue weighted by molar-refractivity contribution is 0.0193. The van der Waals surface area contributed by atoms with Crippen LogP contribution in [-0.4, -0.2) is 56.0 Å². The Morgan fingerprint density at radius 3 is 2.88 bits per heavy atom. The van der Waals surface area contributed by atoms with E-state index in [1.807, 2.05) is 6.92 Å². The van der Waals surface area contributed by atoms with Gasteiger partial charge in [-0.1, -0.05) is 6.92 Å². The molecular weight excluding hydrogens is 242 g/mol. The number of piperidine rings is 1.